The van der Waals surface area contributed by atoms with Crippen molar-refractivity contribution in [1.82, 2.24) is 4.90 Å². The second-order valence-corrected chi connectivity index (χ2v) is 7.34. The van der Waals surface area contributed by atoms with Gasteiger partial charge in [0.1, 0.15) is 17.4 Å². The van der Waals surface area contributed by atoms with Crippen molar-refractivity contribution in [2.24, 2.45) is 11.5 Å². The highest BCUT2D eigenvalue weighted by Crippen LogP contribution is 2.39. The molecule has 3 rings (SSSR count). The number of anilines is 1. The largest absolute Gasteiger partial charge is 0.491 e. The van der Waals surface area contributed by atoms with E-state index in [-0.39, 0.29) is 5.56 Å². The summed E-state index contributed by atoms with van der Waals surface area (Å²) in [6.45, 7) is 1.69. The molecule has 5 N–H and O–H groups in total. The normalized spacial score (nSPS) is 17.2. The van der Waals surface area contributed by atoms with Gasteiger partial charge in [0.15, 0.2) is 0 Å². The first-order valence-electron chi connectivity index (χ1n) is 8.38. The Labute approximate surface area is 155 Å². The Kier molecular flexibility index (Phi) is 5.43. The van der Waals surface area contributed by atoms with E-state index in [1.165, 1.54) is 17.8 Å². The van der Waals surface area contributed by atoms with Gasteiger partial charge in [0, 0.05) is 16.5 Å². The Morgan fingerprint density at radius 1 is 1.35 bits per heavy atom. The Balaban J connectivity index is 1.87. The molecule has 1 saturated heterocycles. The molecule has 1 fully saturated rings. The average molecular weight is 374 g/mol. The minimum Gasteiger partial charge on any atom is -0.491 e. The van der Waals surface area contributed by atoms with Gasteiger partial charge in [0.05, 0.1) is 5.56 Å². The standard InChI is InChI=1S/C18H22N4O3S/c1-22-8-4-5-11(22)10-25-14-7-3-2-6-12(14)15-9-13(16(19)23)17(26-15)21-18(20)24/h2-3,6-7,9,11H,4-5,8,10H2,1H3,(H2,19,23)(H3,20,21,24)/t11-/m0/s1. The minimum absolute atomic E-state index is 0.231. The fourth-order valence-corrected chi connectivity index (χ4v) is 4.18. The number of nitrogens with zero attached hydrogens (tertiary/aromatic N) is 1. The van der Waals surface area contributed by atoms with Crippen molar-refractivity contribution in [2.45, 2.75) is 18.9 Å². The lowest BCUT2D eigenvalue weighted by Gasteiger charge is -2.20. The molecular formula is C18H22N4O3S. The molecule has 0 saturated carbocycles. The third-order valence-electron chi connectivity index (χ3n) is 4.49. The predicted octanol–water partition coefficient (Wildman–Crippen LogP) is 2.48. The van der Waals surface area contributed by atoms with Gasteiger partial charge in [-0.25, -0.2) is 4.79 Å². The van der Waals surface area contributed by atoms with E-state index < -0.39 is 11.9 Å². The number of para-hydroxylation sites is 1. The Bertz CT molecular complexity index is 821. The van der Waals surface area contributed by atoms with Crippen molar-refractivity contribution in [2.75, 3.05) is 25.5 Å². The number of nitrogens with one attached hydrogen (secondary N) is 1. The van der Waals surface area contributed by atoms with Crippen LogP contribution in [0.25, 0.3) is 10.4 Å². The first kappa shape index (κ1) is 18.2. The van der Waals surface area contributed by atoms with Crippen LogP contribution in [0.4, 0.5) is 9.80 Å². The van der Waals surface area contributed by atoms with E-state index in [1.54, 1.807) is 6.07 Å². The van der Waals surface area contributed by atoms with Crippen molar-refractivity contribution in [3.05, 3.63) is 35.9 Å². The molecule has 0 spiro atoms. The summed E-state index contributed by atoms with van der Waals surface area (Å²) in [6, 6.07) is 8.93. The number of ether oxygens (including phenoxy) is 1. The summed E-state index contributed by atoms with van der Waals surface area (Å²) in [5, 5.41) is 2.79. The highest BCUT2D eigenvalue weighted by molar-refractivity contribution is 7.20. The quantitative estimate of drug-likeness (QED) is 0.721. The maximum atomic E-state index is 11.7. The first-order valence-corrected chi connectivity index (χ1v) is 9.20. The number of rotatable bonds is 6. The number of nitrogens with two attached hydrogens (primary N) is 2. The van der Waals surface area contributed by atoms with E-state index in [1.807, 2.05) is 24.3 Å². The molecule has 0 radical (unpaired) electrons. The number of benzene rings is 1. The molecule has 1 aromatic carbocycles. The van der Waals surface area contributed by atoms with Gasteiger partial charge >= 0.3 is 6.03 Å². The number of hydrogen-bond donors (Lipinski definition) is 3. The number of carbonyl (C=O) groups is 2. The van der Waals surface area contributed by atoms with Crippen LogP contribution in [0.1, 0.15) is 23.2 Å². The van der Waals surface area contributed by atoms with Crippen molar-refractivity contribution < 1.29 is 14.3 Å². The third kappa shape index (κ3) is 3.97. The molecule has 1 aliphatic rings. The summed E-state index contributed by atoms with van der Waals surface area (Å²) in [6.07, 6.45) is 2.30. The number of amides is 3. The zero-order valence-electron chi connectivity index (χ0n) is 14.5. The van der Waals surface area contributed by atoms with E-state index in [0.29, 0.717) is 17.6 Å². The lowest BCUT2D eigenvalue weighted by atomic mass is 10.1. The molecule has 2 heterocycles. The summed E-state index contributed by atoms with van der Waals surface area (Å²) in [7, 11) is 2.10. The zero-order valence-corrected chi connectivity index (χ0v) is 15.3. The lowest BCUT2D eigenvalue weighted by molar-refractivity contribution is 0.100. The van der Waals surface area contributed by atoms with Gasteiger partial charge in [-0.1, -0.05) is 12.1 Å². The third-order valence-corrected chi connectivity index (χ3v) is 5.57. The summed E-state index contributed by atoms with van der Waals surface area (Å²) >= 11 is 1.24. The van der Waals surface area contributed by atoms with Crippen LogP contribution in [-0.4, -0.2) is 43.1 Å². The van der Waals surface area contributed by atoms with Gasteiger partial charge in [0.25, 0.3) is 5.91 Å². The molecular weight excluding hydrogens is 352 g/mol. The van der Waals surface area contributed by atoms with Crippen LogP contribution >= 0.6 is 11.3 Å². The van der Waals surface area contributed by atoms with Crippen molar-refractivity contribution in [3.63, 3.8) is 0 Å². The molecule has 138 valence electrons. The van der Waals surface area contributed by atoms with Crippen LogP contribution < -0.4 is 21.5 Å². The highest BCUT2D eigenvalue weighted by atomic mass is 32.1. The van der Waals surface area contributed by atoms with Crippen LogP contribution in [-0.2, 0) is 0 Å². The number of carbonyl (C=O) groups excluding carboxylic acids is 2. The number of likely N-dealkylation sites (tertiary alicyclic amines) is 1. The molecule has 8 heteroatoms. The van der Waals surface area contributed by atoms with Gasteiger partial charge in [-0.3, -0.25) is 10.1 Å². The number of thiophene rings is 1. The molecule has 7 nitrogen and oxygen atoms in total. The maximum absolute atomic E-state index is 11.7. The minimum atomic E-state index is -0.741. The van der Waals surface area contributed by atoms with Crippen LogP contribution in [0, 0.1) is 0 Å². The van der Waals surface area contributed by atoms with Crippen molar-refractivity contribution >= 4 is 28.3 Å². The Hall–Kier alpha value is -2.58. The van der Waals surface area contributed by atoms with Gasteiger partial charge < -0.3 is 21.1 Å². The van der Waals surface area contributed by atoms with Gasteiger partial charge in [-0.15, -0.1) is 11.3 Å². The molecule has 1 aliphatic heterocycles. The lowest BCUT2D eigenvalue weighted by Crippen LogP contribution is -2.30. The van der Waals surface area contributed by atoms with Crippen molar-refractivity contribution in [3.8, 4) is 16.2 Å². The number of hydrogen-bond acceptors (Lipinski definition) is 5. The number of urea groups is 1. The molecule has 1 aromatic heterocycles. The molecule has 1 atom stereocenters. The average Bonchev–Trinajstić information content (AvgIpc) is 3.19. The summed E-state index contributed by atoms with van der Waals surface area (Å²) < 4.78 is 6.07. The SMILES string of the molecule is CN1CCC[C@H]1COc1ccccc1-c1cc(C(N)=O)c(NC(N)=O)s1. The predicted molar refractivity (Wildman–Crippen MR) is 103 cm³/mol. The van der Waals surface area contributed by atoms with Gasteiger partial charge in [-0.2, -0.15) is 0 Å². The second-order valence-electron chi connectivity index (χ2n) is 6.29. The van der Waals surface area contributed by atoms with Crippen LogP contribution in [0.2, 0.25) is 0 Å². The van der Waals surface area contributed by atoms with E-state index >= 15 is 0 Å². The van der Waals surface area contributed by atoms with Gasteiger partial charge in [0.2, 0.25) is 0 Å². The maximum Gasteiger partial charge on any atom is 0.317 e. The van der Waals surface area contributed by atoms with E-state index in [9.17, 15) is 9.59 Å². The highest BCUT2D eigenvalue weighted by Gasteiger charge is 2.22. The van der Waals surface area contributed by atoms with Gasteiger partial charge in [-0.05, 0) is 44.6 Å². The Morgan fingerprint density at radius 2 is 2.12 bits per heavy atom. The smallest absolute Gasteiger partial charge is 0.317 e. The van der Waals surface area contributed by atoms with Crippen LogP contribution in [0.5, 0.6) is 5.75 Å². The van der Waals surface area contributed by atoms with E-state index in [0.717, 1.165) is 29.2 Å². The first-order chi connectivity index (χ1) is 12.5. The molecule has 2 aromatic rings. The monoisotopic (exact) mass is 374 g/mol. The van der Waals surface area contributed by atoms with Crippen LogP contribution in [0.3, 0.4) is 0 Å². The fraction of sp³-hybridized carbons (Fsp3) is 0.333. The summed E-state index contributed by atoms with van der Waals surface area (Å²) in [4.78, 5) is 25.9. The summed E-state index contributed by atoms with van der Waals surface area (Å²) in [5.74, 6) is 0.109. The fourth-order valence-electron chi connectivity index (χ4n) is 3.08. The van der Waals surface area contributed by atoms with Crippen molar-refractivity contribution in [1.29, 1.82) is 0 Å². The van der Waals surface area contributed by atoms with E-state index in [4.69, 9.17) is 16.2 Å². The Morgan fingerprint density at radius 3 is 2.77 bits per heavy atom. The molecule has 0 aliphatic carbocycles. The number of primary amides is 2. The molecule has 26 heavy (non-hydrogen) atoms. The topological polar surface area (TPSA) is 111 Å². The van der Waals surface area contributed by atoms with Crippen LogP contribution in [0.15, 0.2) is 30.3 Å². The molecule has 0 unspecified atom stereocenters. The summed E-state index contributed by atoms with van der Waals surface area (Å²) in [5.41, 5.74) is 11.7. The van der Waals surface area contributed by atoms with E-state index in [2.05, 4.69) is 17.3 Å². The molecule has 0 bridgehead atoms. The zero-order chi connectivity index (χ0) is 18.7. The molecule has 3 amide bonds. The second kappa shape index (κ2) is 7.76. The number of likely N-dealkylation sites (N-methyl/N-ethyl adjacent to an activating group) is 1.